The second-order valence-corrected chi connectivity index (χ2v) is 4.57. The van der Waals surface area contributed by atoms with Crippen LogP contribution in [-0.2, 0) is 4.79 Å². The van der Waals surface area contributed by atoms with Crippen molar-refractivity contribution in [2.45, 2.75) is 26.3 Å². The molecule has 1 saturated heterocycles. The molecular weight excluding hydrogens is 228 g/mol. The Hall–Kier alpha value is -1.84. The molecular formula is C14H18N2O2. The van der Waals surface area contributed by atoms with Gasteiger partial charge in [-0.1, -0.05) is 19.6 Å². The highest BCUT2D eigenvalue weighted by atomic mass is 16.2. The number of carbonyl (C=O) groups is 2. The number of nitrogens with zero attached hydrogens (tertiary/aromatic N) is 2. The highest BCUT2D eigenvalue weighted by Crippen LogP contribution is 2.31. The number of carbonyl (C=O) groups excluding carboxylic acids is 2. The number of para-hydroxylation sites is 1. The van der Waals surface area contributed by atoms with E-state index in [4.69, 9.17) is 0 Å². The van der Waals surface area contributed by atoms with Gasteiger partial charge in [-0.05, 0) is 25.0 Å². The maximum atomic E-state index is 12.4. The molecule has 0 radical (unpaired) electrons. The summed E-state index contributed by atoms with van der Waals surface area (Å²) in [5.41, 5.74) is 1.35. The lowest BCUT2D eigenvalue weighted by atomic mass is 10.1. The first-order valence-corrected chi connectivity index (χ1v) is 5.87. The molecule has 0 bridgehead atoms. The predicted octanol–water partition coefficient (Wildman–Crippen LogP) is 1.90. The molecule has 1 unspecified atom stereocenters. The van der Waals surface area contributed by atoms with Crippen LogP contribution in [0.25, 0.3) is 0 Å². The largest absolute Gasteiger partial charge is 0.327 e. The van der Waals surface area contributed by atoms with E-state index in [1.54, 1.807) is 22.9 Å². The molecule has 1 atom stereocenters. The van der Waals surface area contributed by atoms with Gasteiger partial charge in [0.05, 0.1) is 11.3 Å². The van der Waals surface area contributed by atoms with E-state index < -0.39 is 0 Å². The van der Waals surface area contributed by atoms with Crippen molar-refractivity contribution in [3.8, 4) is 0 Å². The molecule has 2 amide bonds. The van der Waals surface area contributed by atoms with Gasteiger partial charge in [0.2, 0.25) is 5.91 Å². The maximum absolute atomic E-state index is 12.4. The van der Waals surface area contributed by atoms with Crippen LogP contribution in [0, 0.1) is 0 Å². The van der Waals surface area contributed by atoms with Crippen LogP contribution in [0.5, 0.6) is 0 Å². The maximum Gasteiger partial charge on any atom is 0.256 e. The molecule has 96 valence electrons. The topological polar surface area (TPSA) is 40.6 Å². The van der Waals surface area contributed by atoms with Crippen molar-refractivity contribution in [3.05, 3.63) is 29.8 Å². The van der Waals surface area contributed by atoms with E-state index in [1.165, 1.54) is 0 Å². The van der Waals surface area contributed by atoms with Crippen molar-refractivity contribution in [1.82, 2.24) is 4.90 Å². The molecule has 3 rings (SSSR count). The van der Waals surface area contributed by atoms with Gasteiger partial charge in [0.1, 0.15) is 6.04 Å². The van der Waals surface area contributed by atoms with E-state index in [9.17, 15) is 9.59 Å². The molecule has 2 aliphatic rings. The van der Waals surface area contributed by atoms with Gasteiger partial charge in [0.15, 0.2) is 0 Å². The lowest BCUT2D eigenvalue weighted by Crippen LogP contribution is -2.43. The number of benzene rings is 1. The average Bonchev–Trinajstić information content (AvgIpc) is 2.82. The van der Waals surface area contributed by atoms with E-state index in [2.05, 4.69) is 0 Å². The third kappa shape index (κ3) is 1.60. The van der Waals surface area contributed by atoms with E-state index in [0.717, 1.165) is 18.5 Å². The van der Waals surface area contributed by atoms with E-state index in [1.807, 2.05) is 18.2 Å². The summed E-state index contributed by atoms with van der Waals surface area (Å²) in [6, 6.07) is 7.05. The van der Waals surface area contributed by atoms with Crippen molar-refractivity contribution >= 4 is 17.5 Å². The van der Waals surface area contributed by atoms with E-state index in [0.29, 0.717) is 12.1 Å². The van der Waals surface area contributed by atoms with E-state index in [-0.39, 0.29) is 25.3 Å². The molecule has 0 spiro atoms. The summed E-state index contributed by atoms with van der Waals surface area (Å²) in [5, 5.41) is 0. The fourth-order valence-corrected chi connectivity index (χ4v) is 2.71. The Bertz CT molecular complexity index is 498. The summed E-state index contributed by atoms with van der Waals surface area (Å²) >= 11 is 0. The molecule has 0 saturated carbocycles. The highest BCUT2D eigenvalue weighted by molar-refractivity contribution is 6.10. The summed E-state index contributed by atoms with van der Waals surface area (Å²) in [6.07, 6.45) is 1.70. The summed E-state index contributed by atoms with van der Waals surface area (Å²) in [6.45, 7) is 0.692. The van der Waals surface area contributed by atoms with Crippen LogP contribution in [-0.4, -0.2) is 36.3 Å². The van der Waals surface area contributed by atoms with Crippen molar-refractivity contribution in [1.29, 1.82) is 0 Å². The van der Waals surface area contributed by atoms with Gasteiger partial charge in [-0.25, -0.2) is 0 Å². The third-order valence-corrected chi connectivity index (χ3v) is 3.63. The van der Waals surface area contributed by atoms with Crippen LogP contribution in [0.1, 0.15) is 30.6 Å². The quantitative estimate of drug-likeness (QED) is 0.701. The molecule has 2 aliphatic heterocycles. The number of hydrogen-bond donors (Lipinski definition) is 0. The number of hydrogen-bond acceptors (Lipinski definition) is 2. The third-order valence-electron chi connectivity index (χ3n) is 3.63. The zero-order valence-corrected chi connectivity index (χ0v) is 9.72. The Morgan fingerprint density at radius 3 is 2.72 bits per heavy atom. The summed E-state index contributed by atoms with van der Waals surface area (Å²) in [4.78, 5) is 28.0. The molecule has 0 aromatic heterocycles. The van der Waals surface area contributed by atoms with Gasteiger partial charge in [-0.15, -0.1) is 0 Å². The van der Waals surface area contributed by atoms with Crippen LogP contribution < -0.4 is 4.90 Å². The van der Waals surface area contributed by atoms with Crippen LogP contribution in [0.4, 0.5) is 5.69 Å². The molecule has 1 fully saturated rings. The molecule has 18 heavy (non-hydrogen) atoms. The normalized spacial score (nSPS) is 22.2. The second kappa shape index (κ2) is 4.44. The minimum Gasteiger partial charge on any atom is -0.327 e. The molecule has 1 aromatic rings. The first-order valence-electron chi connectivity index (χ1n) is 5.87. The number of fused-ring (bicyclic) bond motifs is 2. The first kappa shape index (κ1) is 12.6. The minimum absolute atomic E-state index is 0. The zero-order chi connectivity index (χ0) is 12.0. The monoisotopic (exact) mass is 246 g/mol. The fourth-order valence-electron chi connectivity index (χ4n) is 2.71. The fraction of sp³-hybridized carbons (Fsp3) is 0.429. The molecule has 0 N–H and O–H groups in total. The highest BCUT2D eigenvalue weighted by Gasteiger charge is 2.40. The van der Waals surface area contributed by atoms with Crippen molar-refractivity contribution in [2.24, 2.45) is 0 Å². The van der Waals surface area contributed by atoms with Crippen LogP contribution >= 0.6 is 0 Å². The van der Waals surface area contributed by atoms with E-state index >= 15 is 0 Å². The number of anilines is 1. The van der Waals surface area contributed by atoms with Gasteiger partial charge >= 0.3 is 0 Å². The van der Waals surface area contributed by atoms with Gasteiger partial charge < -0.3 is 9.80 Å². The van der Waals surface area contributed by atoms with Gasteiger partial charge in [-0.2, -0.15) is 0 Å². The van der Waals surface area contributed by atoms with Gasteiger partial charge in [0, 0.05) is 13.6 Å². The minimum atomic E-state index is -0.264. The first-order chi connectivity index (χ1) is 8.20. The predicted molar refractivity (Wildman–Crippen MR) is 70.6 cm³/mol. The molecule has 1 aromatic carbocycles. The zero-order valence-electron chi connectivity index (χ0n) is 9.72. The van der Waals surface area contributed by atoms with Gasteiger partial charge in [-0.3, -0.25) is 9.59 Å². The second-order valence-electron chi connectivity index (χ2n) is 4.57. The Labute approximate surface area is 107 Å². The average molecular weight is 246 g/mol. The van der Waals surface area contributed by atoms with Crippen molar-refractivity contribution in [2.75, 3.05) is 18.5 Å². The summed E-state index contributed by atoms with van der Waals surface area (Å²) in [5.74, 6) is 0.0154. The SMILES string of the molecule is C.CN1C(=O)C2CCCN2C(=O)c2ccccc21. The number of rotatable bonds is 0. The van der Waals surface area contributed by atoms with Crippen LogP contribution in [0.3, 0.4) is 0 Å². The van der Waals surface area contributed by atoms with Crippen LogP contribution in [0.15, 0.2) is 24.3 Å². The molecule has 0 aliphatic carbocycles. The van der Waals surface area contributed by atoms with Gasteiger partial charge in [0.25, 0.3) is 5.91 Å². The van der Waals surface area contributed by atoms with Crippen molar-refractivity contribution < 1.29 is 9.59 Å². The summed E-state index contributed by atoms with van der Waals surface area (Å²) < 4.78 is 0. The lowest BCUT2D eigenvalue weighted by Gasteiger charge is -2.22. The Kier molecular flexibility index (Phi) is 3.11. The Morgan fingerprint density at radius 1 is 1.22 bits per heavy atom. The number of amides is 2. The lowest BCUT2D eigenvalue weighted by molar-refractivity contribution is -0.121. The smallest absolute Gasteiger partial charge is 0.256 e. The standard InChI is InChI=1S/C13H14N2O2.CH4/c1-14-10-6-3-2-5-9(10)12(16)15-8-4-7-11(15)13(14)17;/h2-3,5-6,11H,4,7-8H2,1H3;1H4. The molecule has 4 heteroatoms. The molecule has 2 heterocycles. The Morgan fingerprint density at radius 2 is 1.94 bits per heavy atom. The summed E-state index contributed by atoms with van der Waals surface area (Å²) in [7, 11) is 1.75. The van der Waals surface area contributed by atoms with Crippen LogP contribution in [0.2, 0.25) is 0 Å². The Balaban J connectivity index is 0.00000120. The van der Waals surface area contributed by atoms with Crippen molar-refractivity contribution in [3.63, 3.8) is 0 Å². The molecule has 4 nitrogen and oxygen atoms in total. The number of likely N-dealkylation sites (N-methyl/N-ethyl adjacent to an activating group) is 1.